The van der Waals surface area contributed by atoms with Crippen molar-refractivity contribution in [1.29, 1.82) is 0 Å². The maximum Gasteiger partial charge on any atom is 0.308 e. The fourth-order valence-corrected chi connectivity index (χ4v) is 3.97. The summed E-state index contributed by atoms with van der Waals surface area (Å²) in [6, 6.07) is 32.0. The van der Waals surface area contributed by atoms with Crippen LogP contribution in [0.3, 0.4) is 0 Å². The molecule has 0 saturated heterocycles. The molecular formula is C29H20O4. The first-order valence-corrected chi connectivity index (χ1v) is 10.6. The number of ketones is 1. The summed E-state index contributed by atoms with van der Waals surface area (Å²) in [6.45, 7) is 1.31. The lowest BCUT2D eigenvalue weighted by atomic mass is 9.95. The number of benzene rings is 4. The zero-order chi connectivity index (χ0) is 22.8. The lowest BCUT2D eigenvalue weighted by molar-refractivity contribution is -0.131. The molecule has 0 radical (unpaired) electrons. The van der Waals surface area contributed by atoms with Crippen LogP contribution in [0.5, 0.6) is 5.75 Å². The van der Waals surface area contributed by atoms with Crippen molar-refractivity contribution in [2.24, 2.45) is 0 Å². The maximum atomic E-state index is 13.4. The Labute approximate surface area is 191 Å². The van der Waals surface area contributed by atoms with Crippen LogP contribution in [0.2, 0.25) is 0 Å². The van der Waals surface area contributed by atoms with Gasteiger partial charge in [0.2, 0.25) is 0 Å². The predicted octanol–water partition coefficient (Wildman–Crippen LogP) is 6.92. The van der Waals surface area contributed by atoms with Crippen molar-refractivity contribution >= 4 is 22.7 Å². The minimum absolute atomic E-state index is 0.178. The van der Waals surface area contributed by atoms with E-state index in [0.29, 0.717) is 22.5 Å². The smallest absolute Gasteiger partial charge is 0.308 e. The number of hydrogen-bond donors (Lipinski definition) is 0. The van der Waals surface area contributed by atoms with Crippen LogP contribution in [-0.4, -0.2) is 11.8 Å². The Hall–Kier alpha value is -4.44. The summed E-state index contributed by atoms with van der Waals surface area (Å²) in [5, 5.41) is 0.773. The first kappa shape index (κ1) is 20.5. The van der Waals surface area contributed by atoms with Crippen molar-refractivity contribution in [3.63, 3.8) is 0 Å². The second-order valence-corrected chi connectivity index (χ2v) is 7.67. The summed E-state index contributed by atoms with van der Waals surface area (Å²) >= 11 is 0. The van der Waals surface area contributed by atoms with Crippen molar-refractivity contribution in [2.75, 3.05) is 0 Å². The molecule has 0 aliphatic carbocycles. The van der Waals surface area contributed by atoms with Gasteiger partial charge in [0, 0.05) is 35.1 Å². The van der Waals surface area contributed by atoms with E-state index in [2.05, 4.69) is 0 Å². The Kier molecular flexibility index (Phi) is 5.33. The van der Waals surface area contributed by atoms with E-state index >= 15 is 0 Å². The van der Waals surface area contributed by atoms with Crippen LogP contribution >= 0.6 is 0 Å². The Morgan fingerprint density at radius 1 is 0.727 bits per heavy atom. The molecule has 1 heterocycles. The zero-order valence-corrected chi connectivity index (χ0v) is 17.9. The number of carbonyl (C=O) groups is 2. The van der Waals surface area contributed by atoms with E-state index < -0.39 is 5.97 Å². The molecule has 4 aromatic carbocycles. The van der Waals surface area contributed by atoms with Crippen LogP contribution in [0.25, 0.3) is 33.4 Å². The van der Waals surface area contributed by atoms with Crippen molar-refractivity contribution in [1.82, 2.24) is 0 Å². The summed E-state index contributed by atoms with van der Waals surface area (Å²) in [7, 11) is 0. The lowest BCUT2D eigenvalue weighted by Gasteiger charge is -2.09. The number of hydrogen-bond acceptors (Lipinski definition) is 4. The molecule has 0 N–H and O–H groups in total. The van der Waals surface area contributed by atoms with Gasteiger partial charge in [-0.2, -0.15) is 0 Å². The third-order valence-electron chi connectivity index (χ3n) is 5.42. The summed E-state index contributed by atoms with van der Waals surface area (Å²) in [5.74, 6) is 0.136. The minimum atomic E-state index is -0.505. The van der Waals surface area contributed by atoms with E-state index in [-0.39, 0.29) is 11.5 Å². The lowest BCUT2D eigenvalue weighted by Crippen LogP contribution is -2.08. The third kappa shape index (κ3) is 3.94. The van der Waals surface area contributed by atoms with Gasteiger partial charge in [-0.25, -0.2) is 0 Å². The largest absolute Gasteiger partial charge is 0.455 e. The van der Waals surface area contributed by atoms with Gasteiger partial charge in [-0.3, -0.25) is 9.59 Å². The molecule has 0 unspecified atom stereocenters. The summed E-state index contributed by atoms with van der Waals surface area (Å²) in [4.78, 5) is 25.2. The van der Waals surface area contributed by atoms with Crippen LogP contribution in [0, 0.1) is 0 Å². The van der Waals surface area contributed by atoms with Gasteiger partial charge >= 0.3 is 5.97 Å². The molecular weight excluding hydrogens is 412 g/mol. The third-order valence-corrected chi connectivity index (χ3v) is 5.42. The highest BCUT2D eigenvalue weighted by molar-refractivity contribution is 6.14. The zero-order valence-electron chi connectivity index (χ0n) is 17.9. The van der Waals surface area contributed by atoms with Crippen LogP contribution < -0.4 is 4.74 Å². The fourth-order valence-electron chi connectivity index (χ4n) is 3.97. The first-order chi connectivity index (χ1) is 16.1. The summed E-state index contributed by atoms with van der Waals surface area (Å²) in [6.07, 6.45) is 0. The SMILES string of the molecule is CC(=O)Oc1cc2oc(-c3ccccc3)c(-c3ccccc3)c2cc1C(=O)c1ccccc1. The molecule has 0 bridgehead atoms. The van der Waals surface area contributed by atoms with Gasteiger partial charge in [0.15, 0.2) is 5.78 Å². The van der Waals surface area contributed by atoms with E-state index in [1.54, 1.807) is 36.4 Å². The Morgan fingerprint density at radius 3 is 1.91 bits per heavy atom. The molecule has 0 fully saturated rings. The topological polar surface area (TPSA) is 56.5 Å². The summed E-state index contributed by atoms with van der Waals surface area (Å²) in [5.41, 5.74) is 4.12. The van der Waals surface area contributed by atoms with Gasteiger partial charge in [-0.1, -0.05) is 91.0 Å². The molecule has 160 valence electrons. The molecule has 0 saturated carbocycles. The van der Waals surface area contributed by atoms with E-state index in [4.69, 9.17) is 9.15 Å². The number of fused-ring (bicyclic) bond motifs is 1. The Balaban J connectivity index is 1.81. The fraction of sp³-hybridized carbons (Fsp3) is 0.0345. The minimum Gasteiger partial charge on any atom is -0.455 e. The standard InChI is InChI=1S/C29H20O4/c1-19(30)32-26-18-25-23(17-24(26)28(31)21-13-7-3-8-14-21)27(20-11-5-2-6-12-20)29(33-25)22-15-9-4-10-16-22/h2-18H,1H3. The molecule has 0 spiro atoms. The van der Waals surface area contributed by atoms with Crippen molar-refractivity contribution in [3.05, 3.63) is 114 Å². The molecule has 33 heavy (non-hydrogen) atoms. The molecule has 4 heteroatoms. The Bertz CT molecular complexity index is 1450. The second kappa shape index (κ2) is 8.60. The van der Waals surface area contributed by atoms with Crippen molar-refractivity contribution in [2.45, 2.75) is 6.92 Å². The first-order valence-electron chi connectivity index (χ1n) is 10.6. The molecule has 0 aliphatic rings. The highest BCUT2D eigenvalue weighted by Gasteiger charge is 2.23. The predicted molar refractivity (Wildman–Crippen MR) is 128 cm³/mol. The van der Waals surface area contributed by atoms with Gasteiger partial charge in [-0.05, 0) is 11.6 Å². The van der Waals surface area contributed by atoms with Crippen LogP contribution in [0.4, 0.5) is 0 Å². The van der Waals surface area contributed by atoms with Crippen LogP contribution in [0.15, 0.2) is 108 Å². The second-order valence-electron chi connectivity index (χ2n) is 7.67. The van der Waals surface area contributed by atoms with E-state index in [0.717, 1.165) is 22.1 Å². The monoisotopic (exact) mass is 432 g/mol. The number of esters is 1. The number of furan rings is 1. The highest BCUT2D eigenvalue weighted by atomic mass is 16.5. The molecule has 0 amide bonds. The van der Waals surface area contributed by atoms with Crippen molar-refractivity contribution < 1.29 is 18.7 Å². The van der Waals surface area contributed by atoms with Gasteiger partial charge in [-0.15, -0.1) is 0 Å². The quantitative estimate of drug-likeness (QED) is 0.172. The van der Waals surface area contributed by atoms with E-state index in [9.17, 15) is 9.59 Å². The van der Waals surface area contributed by atoms with Crippen LogP contribution in [0.1, 0.15) is 22.8 Å². The maximum absolute atomic E-state index is 13.4. The average molecular weight is 432 g/mol. The highest BCUT2D eigenvalue weighted by Crippen LogP contribution is 2.43. The molecule has 0 aliphatic heterocycles. The van der Waals surface area contributed by atoms with Crippen molar-refractivity contribution in [3.8, 4) is 28.2 Å². The number of rotatable bonds is 5. The molecule has 5 aromatic rings. The number of carbonyl (C=O) groups excluding carboxylic acids is 2. The summed E-state index contributed by atoms with van der Waals surface area (Å²) < 4.78 is 11.7. The molecule has 5 rings (SSSR count). The van der Waals surface area contributed by atoms with Gasteiger partial charge in [0.25, 0.3) is 0 Å². The normalized spacial score (nSPS) is 10.8. The van der Waals surface area contributed by atoms with Crippen LogP contribution in [-0.2, 0) is 4.79 Å². The van der Waals surface area contributed by atoms with Gasteiger partial charge in [0.05, 0.1) is 5.56 Å². The molecule has 1 aromatic heterocycles. The van der Waals surface area contributed by atoms with Gasteiger partial charge < -0.3 is 9.15 Å². The van der Waals surface area contributed by atoms with E-state index in [1.807, 2.05) is 66.7 Å². The molecule has 4 nitrogen and oxygen atoms in total. The van der Waals surface area contributed by atoms with Gasteiger partial charge in [0.1, 0.15) is 17.1 Å². The molecule has 0 atom stereocenters. The Morgan fingerprint density at radius 2 is 1.30 bits per heavy atom. The average Bonchev–Trinajstić information content (AvgIpc) is 3.23. The van der Waals surface area contributed by atoms with E-state index in [1.165, 1.54) is 6.92 Å². The number of ether oxygens (including phenoxy) is 1.